The molecule has 0 saturated carbocycles. The fraction of sp³-hybridized carbons (Fsp3) is 0.400. The molecule has 5 nitrogen and oxygen atoms in total. The van der Waals surface area contributed by atoms with Gasteiger partial charge >= 0.3 is 220 Å². The van der Waals surface area contributed by atoms with Crippen LogP contribution in [0.3, 0.4) is 0 Å². The van der Waals surface area contributed by atoms with Crippen LogP contribution < -0.4 is 10.7 Å². The van der Waals surface area contributed by atoms with Gasteiger partial charge in [0.25, 0.3) is 0 Å². The van der Waals surface area contributed by atoms with Crippen LogP contribution in [0.25, 0.3) is 0 Å². The topological polar surface area (TPSA) is 46.2 Å². The number of ether oxygens (including phenoxy) is 5. The van der Waals surface area contributed by atoms with Gasteiger partial charge in [-0.25, -0.2) is 0 Å². The summed E-state index contributed by atoms with van der Waals surface area (Å²) in [6, 6.07) is 33.4. The number of rotatable bonds is 5. The molecule has 0 aromatic heterocycles. The number of hydrogen-bond acceptors (Lipinski definition) is 5. The van der Waals surface area contributed by atoms with Crippen LogP contribution in [0, 0.1) is 5.92 Å². The summed E-state index contributed by atoms with van der Waals surface area (Å²) in [5.41, 5.74) is 0. The van der Waals surface area contributed by atoms with Gasteiger partial charge in [0.15, 0.2) is 0 Å². The van der Waals surface area contributed by atoms with E-state index in [1.54, 1.807) is 0 Å². The molecule has 0 unspecified atom stereocenters. The van der Waals surface area contributed by atoms with Crippen molar-refractivity contribution in [2.75, 3.05) is 66.1 Å². The van der Waals surface area contributed by atoms with Gasteiger partial charge in [0.2, 0.25) is 0 Å². The van der Waals surface area contributed by atoms with Gasteiger partial charge in [-0.3, -0.25) is 0 Å². The average Bonchev–Trinajstić information content (AvgIpc) is 2.94. The Labute approximate surface area is 219 Å². The van der Waals surface area contributed by atoms with Crippen molar-refractivity contribution in [2.45, 2.75) is 4.44 Å². The summed E-state index contributed by atoms with van der Waals surface area (Å²) in [5, 5.41) is 0. The van der Waals surface area contributed by atoms with Gasteiger partial charge in [0.05, 0.1) is 0 Å². The monoisotopic (exact) mass is 598 g/mol. The molecule has 0 spiro atoms. The molecule has 4 rings (SSSR count). The number of hydrogen-bond donors (Lipinski definition) is 0. The third kappa shape index (κ3) is 7.88. The minimum absolute atomic E-state index is 0.262. The molecule has 192 valence electrons. The van der Waals surface area contributed by atoms with Gasteiger partial charge in [-0.2, -0.15) is 0 Å². The molecule has 0 radical (unpaired) electrons. The summed E-state index contributed by atoms with van der Waals surface area (Å²) >= 11 is -3.41. The molecule has 1 saturated heterocycles. The van der Waals surface area contributed by atoms with Crippen LogP contribution in [0.2, 0.25) is 4.44 Å². The molecule has 3 aromatic carbocycles. The van der Waals surface area contributed by atoms with Crippen LogP contribution in [0.5, 0.6) is 0 Å². The van der Waals surface area contributed by atoms with Crippen molar-refractivity contribution in [3.63, 3.8) is 0 Å². The second kappa shape index (κ2) is 15.5. The van der Waals surface area contributed by atoms with Crippen molar-refractivity contribution >= 4 is 29.1 Å². The third-order valence-electron chi connectivity index (χ3n) is 6.59. The first kappa shape index (κ1) is 27.3. The SMILES string of the molecule is c1cc[c]([Sn]([CH2]C2COCCOCCOCCOCCOC2)([c]2ccccc2)[c]2ccccc2)cc1. The normalized spacial score (nSPS) is 18.0. The van der Waals surface area contributed by atoms with Gasteiger partial charge in [0.1, 0.15) is 0 Å². The quantitative estimate of drug-likeness (QED) is 0.424. The van der Waals surface area contributed by atoms with E-state index in [1.165, 1.54) is 10.7 Å². The molecule has 1 aliphatic heterocycles. The summed E-state index contributed by atoms with van der Waals surface area (Å²) in [4.78, 5) is 0. The molecule has 0 amide bonds. The third-order valence-corrected chi connectivity index (χ3v) is 21.3. The first-order valence-corrected chi connectivity index (χ1v) is 19.2. The zero-order chi connectivity index (χ0) is 24.7. The van der Waals surface area contributed by atoms with Crippen molar-refractivity contribution in [3.05, 3.63) is 91.0 Å². The van der Waals surface area contributed by atoms with E-state index in [-0.39, 0.29) is 5.92 Å². The van der Waals surface area contributed by atoms with Crippen LogP contribution in [-0.4, -0.2) is 84.4 Å². The Morgan fingerprint density at radius 1 is 0.444 bits per heavy atom. The van der Waals surface area contributed by atoms with Gasteiger partial charge in [-0.05, 0) is 0 Å². The maximum absolute atomic E-state index is 6.16. The fourth-order valence-corrected chi connectivity index (χ4v) is 19.4. The summed E-state index contributed by atoms with van der Waals surface area (Å²) in [6.45, 7) is 5.87. The molecule has 1 aliphatic rings. The van der Waals surface area contributed by atoms with E-state index >= 15 is 0 Å². The van der Waals surface area contributed by atoms with Gasteiger partial charge in [-0.1, -0.05) is 0 Å². The Hall–Kier alpha value is -1.74. The molecule has 1 fully saturated rings. The van der Waals surface area contributed by atoms with Crippen LogP contribution in [-0.2, 0) is 23.7 Å². The Morgan fingerprint density at radius 3 is 1.08 bits per heavy atom. The minimum atomic E-state index is -3.41. The fourth-order valence-electron chi connectivity index (χ4n) is 4.90. The molecular weight excluding hydrogens is 559 g/mol. The van der Waals surface area contributed by atoms with Crippen LogP contribution >= 0.6 is 0 Å². The van der Waals surface area contributed by atoms with E-state index in [4.69, 9.17) is 23.7 Å². The standard InChI is InChI=1S/C12H23O5.3C6H5.Sn/c1-12-10-16-8-6-14-4-2-13-3-5-15-7-9-17-11-12;3*1-2-4-6-5-3-1;/h12H,1-11H2;3*1-5H;. The molecule has 36 heavy (non-hydrogen) atoms. The summed E-state index contributed by atoms with van der Waals surface area (Å²) in [6.07, 6.45) is 0. The Balaban J connectivity index is 1.63. The van der Waals surface area contributed by atoms with Crippen LogP contribution in [0.1, 0.15) is 0 Å². The molecule has 0 N–H and O–H groups in total. The maximum atomic E-state index is 6.16. The van der Waals surface area contributed by atoms with E-state index in [9.17, 15) is 0 Å². The first-order valence-electron chi connectivity index (χ1n) is 12.9. The molecular formula is C30H38O5Sn. The summed E-state index contributed by atoms with van der Waals surface area (Å²) in [7, 11) is 0. The van der Waals surface area contributed by atoms with E-state index in [0.717, 1.165) is 4.44 Å². The Bertz CT molecular complexity index is 858. The van der Waals surface area contributed by atoms with Crippen LogP contribution in [0.4, 0.5) is 0 Å². The van der Waals surface area contributed by atoms with Gasteiger partial charge in [0, 0.05) is 0 Å². The molecule has 6 heteroatoms. The van der Waals surface area contributed by atoms with Gasteiger partial charge in [-0.15, -0.1) is 0 Å². The van der Waals surface area contributed by atoms with Crippen molar-refractivity contribution in [3.8, 4) is 0 Å². The summed E-state index contributed by atoms with van der Waals surface area (Å²) < 4.78 is 34.6. The molecule has 0 atom stereocenters. The first-order chi connectivity index (χ1) is 17.9. The van der Waals surface area contributed by atoms with E-state index in [2.05, 4.69) is 91.0 Å². The zero-order valence-electron chi connectivity index (χ0n) is 21.1. The summed E-state index contributed by atoms with van der Waals surface area (Å²) in [5.74, 6) is 0.262. The molecule has 1 heterocycles. The predicted molar refractivity (Wildman–Crippen MR) is 146 cm³/mol. The van der Waals surface area contributed by atoms with E-state index in [0.29, 0.717) is 66.1 Å². The average molecular weight is 597 g/mol. The zero-order valence-corrected chi connectivity index (χ0v) is 23.9. The Morgan fingerprint density at radius 2 is 0.750 bits per heavy atom. The second-order valence-corrected chi connectivity index (χ2v) is 20.3. The van der Waals surface area contributed by atoms with Crippen LogP contribution in [0.15, 0.2) is 91.0 Å². The molecule has 0 aliphatic carbocycles. The predicted octanol–water partition coefficient (Wildman–Crippen LogP) is 2.87. The number of benzene rings is 3. The van der Waals surface area contributed by atoms with Gasteiger partial charge < -0.3 is 0 Å². The van der Waals surface area contributed by atoms with Crippen molar-refractivity contribution in [1.82, 2.24) is 0 Å². The molecule has 0 bridgehead atoms. The van der Waals surface area contributed by atoms with Crippen molar-refractivity contribution < 1.29 is 23.7 Å². The Kier molecular flexibility index (Phi) is 11.8. The van der Waals surface area contributed by atoms with E-state index in [1.807, 2.05) is 0 Å². The van der Waals surface area contributed by atoms with Crippen molar-refractivity contribution in [1.29, 1.82) is 0 Å². The van der Waals surface area contributed by atoms with E-state index < -0.39 is 18.4 Å². The second-order valence-electron chi connectivity index (χ2n) is 9.06. The molecule has 3 aromatic rings. The van der Waals surface area contributed by atoms with Crippen molar-refractivity contribution in [2.24, 2.45) is 5.92 Å².